The van der Waals surface area contributed by atoms with Crippen LogP contribution in [0.2, 0.25) is 0 Å². The number of nitrogens with one attached hydrogen (secondary N) is 1. The third kappa shape index (κ3) is 3.92. The molecule has 86 valence electrons. The van der Waals surface area contributed by atoms with Gasteiger partial charge in [0.2, 0.25) is 0 Å². The molecular weight excluding hydrogens is 224 g/mol. The van der Waals surface area contributed by atoms with E-state index in [1.807, 2.05) is 17.7 Å². The smallest absolute Gasteiger partial charge is 0.252 e. The van der Waals surface area contributed by atoms with E-state index in [0.29, 0.717) is 13.1 Å². The Bertz CT molecular complexity index is 395. The molecule has 0 aromatic carbocycles. The van der Waals surface area contributed by atoms with Crippen LogP contribution in [0, 0.1) is 6.92 Å². The normalized spacial score (nSPS) is 9.56. The van der Waals surface area contributed by atoms with Gasteiger partial charge in [-0.05, 0) is 36.2 Å². The van der Waals surface area contributed by atoms with Crippen molar-refractivity contribution in [1.29, 1.82) is 0 Å². The summed E-state index contributed by atoms with van der Waals surface area (Å²) in [4.78, 5) is 14.3. The van der Waals surface area contributed by atoms with Crippen molar-refractivity contribution in [2.75, 3.05) is 13.1 Å². The Morgan fingerprint density at radius 3 is 3.00 bits per heavy atom. The minimum atomic E-state index is -0.0254. The van der Waals surface area contributed by atoms with Crippen molar-refractivity contribution in [3.8, 4) is 0 Å². The monoisotopic (exact) mass is 238 g/mol. The summed E-state index contributed by atoms with van der Waals surface area (Å²) in [5.41, 5.74) is 9.82. The molecule has 1 N–H and O–H groups in total. The lowest BCUT2D eigenvalue weighted by atomic mass is 10.2. The molecule has 0 aliphatic carbocycles. The average Bonchev–Trinajstić information content (AvgIpc) is 2.69. The first-order valence-corrected chi connectivity index (χ1v) is 6.02. The molecule has 0 atom stereocenters. The highest BCUT2D eigenvalue weighted by molar-refractivity contribution is 7.08. The molecule has 1 heterocycles. The molecule has 0 saturated carbocycles. The van der Waals surface area contributed by atoms with Gasteiger partial charge >= 0.3 is 0 Å². The number of azide groups is 1. The fourth-order valence-corrected chi connectivity index (χ4v) is 2.07. The summed E-state index contributed by atoms with van der Waals surface area (Å²) in [6.45, 7) is 3.03. The molecule has 1 aromatic heterocycles. The highest BCUT2D eigenvalue weighted by Gasteiger charge is 2.08. The van der Waals surface area contributed by atoms with Crippen molar-refractivity contribution in [3.05, 3.63) is 32.3 Å². The number of nitrogens with zero attached hydrogens (tertiary/aromatic N) is 3. The number of hydrogen-bond acceptors (Lipinski definition) is 3. The van der Waals surface area contributed by atoms with E-state index < -0.39 is 0 Å². The van der Waals surface area contributed by atoms with Crippen molar-refractivity contribution in [1.82, 2.24) is 5.32 Å². The maximum absolute atomic E-state index is 11.6. The zero-order chi connectivity index (χ0) is 11.8. The maximum Gasteiger partial charge on any atom is 0.252 e. The van der Waals surface area contributed by atoms with Gasteiger partial charge in [0, 0.05) is 23.4 Å². The largest absolute Gasteiger partial charge is 0.352 e. The number of unbranched alkanes of at least 4 members (excludes halogenated alkanes) is 1. The number of hydrogen-bond donors (Lipinski definition) is 1. The van der Waals surface area contributed by atoms with Crippen LogP contribution in [-0.2, 0) is 0 Å². The number of carbonyl (C=O) groups excluding carboxylic acids is 1. The molecule has 0 aliphatic heterocycles. The van der Waals surface area contributed by atoms with Gasteiger partial charge in [-0.3, -0.25) is 4.79 Å². The van der Waals surface area contributed by atoms with Gasteiger partial charge in [0.25, 0.3) is 5.91 Å². The van der Waals surface area contributed by atoms with Crippen molar-refractivity contribution < 1.29 is 4.79 Å². The van der Waals surface area contributed by atoms with Gasteiger partial charge in [-0.2, -0.15) is 11.3 Å². The lowest BCUT2D eigenvalue weighted by molar-refractivity contribution is 0.0953. The quantitative estimate of drug-likeness (QED) is 0.351. The second kappa shape index (κ2) is 6.87. The van der Waals surface area contributed by atoms with E-state index in [1.165, 1.54) is 11.3 Å². The highest BCUT2D eigenvalue weighted by Crippen LogP contribution is 2.13. The first-order chi connectivity index (χ1) is 7.75. The summed E-state index contributed by atoms with van der Waals surface area (Å²) in [6.07, 6.45) is 1.63. The lowest BCUT2D eigenvalue weighted by Crippen LogP contribution is -2.24. The van der Waals surface area contributed by atoms with Gasteiger partial charge in [0.1, 0.15) is 0 Å². The fourth-order valence-electron chi connectivity index (χ4n) is 1.24. The molecule has 0 fully saturated rings. The van der Waals surface area contributed by atoms with Crippen LogP contribution >= 0.6 is 11.3 Å². The van der Waals surface area contributed by atoms with Gasteiger partial charge in [-0.15, -0.1) is 0 Å². The summed E-state index contributed by atoms with van der Waals surface area (Å²) < 4.78 is 0. The second-order valence-electron chi connectivity index (χ2n) is 3.39. The van der Waals surface area contributed by atoms with Crippen LogP contribution in [0.15, 0.2) is 15.9 Å². The topological polar surface area (TPSA) is 77.9 Å². The van der Waals surface area contributed by atoms with Crippen LogP contribution in [0.1, 0.15) is 28.8 Å². The van der Waals surface area contributed by atoms with E-state index in [4.69, 9.17) is 5.53 Å². The summed E-state index contributed by atoms with van der Waals surface area (Å²) in [6, 6.07) is 0. The molecule has 0 radical (unpaired) electrons. The summed E-state index contributed by atoms with van der Waals surface area (Å²) >= 11 is 1.53. The van der Waals surface area contributed by atoms with Crippen molar-refractivity contribution in [2.45, 2.75) is 19.8 Å². The highest BCUT2D eigenvalue weighted by atomic mass is 32.1. The zero-order valence-corrected chi connectivity index (χ0v) is 9.96. The second-order valence-corrected chi connectivity index (χ2v) is 4.13. The maximum atomic E-state index is 11.6. The Morgan fingerprint density at radius 2 is 2.38 bits per heavy atom. The van der Waals surface area contributed by atoms with Crippen molar-refractivity contribution in [2.24, 2.45) is 5.11 Å². The molecular formula is C10H14N4OS. The zero-order valence-electron chi connectivity index (χ0n) is 9.14. The number of thiophene rings is 1. The average molecular weight is 238 g/mol. The molecule has 1 amide bonds. The summed E-state index contributed by atoms with van der Waals surface area (Å²) in [5.74, 6) is -0.0254. The van der Waals surface area contributed by atoms with Crippen LogP contribution < -0.4 is 5.32 Å². The molecule has 16 heavy (non-hydrogen) atoms. The molecule has 0 spiro atoms. The molecule has 1 aromatic rings. The number of rotatable bonds is 6. The molecule has 6 heteroatoms. The Hall–Kier alpha value is -1.52. The fraction of sp³-hybridized carbons (Fsp3) is 0.500. The minimum absolute atomic E-state index is 0.0254. The van der Waals surface area contributed by atoms with Gasteiger partial charge in [-0.25, -0.2) is 0 Å². The van der Waals surface area contributed by atoms with Gasteiger partial charge in [0.15, 0.2) is 0 Å². The number of carbonyl (C=O) groups is 1. The third-order valence-electron chi connectivity index (χ3n) is 2.13. The number of aryl methyl sites for hydroxylation is 1. The van der Waals surface area contributed by atoms with E-state index >= 15 is 0 Å². The molecule has 0 saturated heterocycles. The Labute approximate surface area is 98.1 Å². The molecule has 0 unspecified atom stereocenters. The van der Waals surface area contributed by atoms with E-state index in [0.717, 1.165) is 24.0 Å². The first-order valence-electron chi connectivity index (χ1n) is 5.07. The van der Waals surface area contributed by atoms with E-state index in [2.05, 4.69) is 15.3 Å². The molecule has 1 rings (SSSR count). The third-order valence-corrected chi connectivity index (χ3v) is 3.00. The minimum Gasteiger partial charge on any atom is -0.352 e. The SMILES string of the molecule is Cc1cscc1C(=O)NCCCCN=[N+]=[N-]. The van der Waals surface area contributed by atoms with Gasteiger partial charge in [-0.1, -0.05) is 5.11 Å². The van der Waals surface area contributed by atoms with E-state index in [1.54, 1.807) is 0 Å². The van der Waals surface area contributed by atoms with Crippen LogP contribution in [0.4, 0.5) is 0 Å². The van der Waals surface area contributed by atoms with E-state index in [-0.39, 0.29) is 5.91 Å². The Kier molecular flexibility index (Phi) is 5.39. The van der Waals surface area contributed by atoms with Gasteiger partial charge in [0.05, 0.1) is 5.56 Å². The summed E-state index contributed by atoms with van der Waals surface area (Å²) in [5, 5.41) is 10.1. The van der Waals surface area contributed by atoms with E-state index in [9.17, 15) is 4.79 Å². The molecule has 0 aliphatic rings. The predicted octanol–water partition coefficient (Wildman–Crippen LogP) is 2.88. The predicted molar refractivity (Wildman–Crippen MR) is 64.6 cm³/mol. The summed E-state index contributed by atoms with van der Waals surface area (Å²) in [7, 11) is 0. The van der Waals surface area contributed by atoms with Crippen molar-refractivity contribution >= 4 is 17.2 Å². The van der Waals surface area contributed by atoms with Crippen LogP contribution in [0.5, 0.6) is 0 Å². The number of amides is 1. The first kappa shape index (κ1) is 12.5. The lowest BCUT2D eigenvalue weighted by Gasteiger charge is -2.03. The van der Waals surface area contributed by atoms with Gasteiger partial charge < -0.3 is 5.32 Å². The van der Waals surface area contributed by atoms with Crippen molar-refractivity contribution in [3.63, 3.8) is 0 Å². The Morgan fingerprint density at radius 1 is 1.56 bits per heavy atom. The van der Waals surface area contributed by atoms with Crippen LogP contribution in [-0.4, -0.2) is 19.0 Å². The van der Waals surface area contributed by atoms with Crippen LogP contribution in [0.25, 0.3) is 10.4 Å². The molecule has 5 nitrogen and oxygen atoms in total. The van der Waals surface area contributed by atoms with Crippen LogP contribution in [0.3, 0.4) is 0 Å². The standard InChI is InChI=1S/C10H14N4OS/c1-8-6-16-7-9(8)10(15)12-4-2-3-5-13-14-11/h6-7H,2-5H2,1H3,(H,12,15). The molecule has 0 bridgehead atoms. The Balaban J connectivity index is 2.21.